The van der Waals surface area contributed by atoms with Crippen LogP contribution in [0.5, 0.6) is 0 Å². The van der Waals surface area contributed by atoms with Gasteiger partial charge < -0.3 is 16.0 Å². The molecule has 3 N–H and O–H groups in total. The van der Waals surface area contributed by atoms with Crippen molar-refractivity contribution in [3.05, 3.63) is 34.9 Å². The molecule has 1 fully saturated rings. The molecule has 2 atom stereocenters. The number of fused-ring (bicyclic) bond motifs is 1. The van der Waals surface area contributed by atoms with Crippen LogP contribution < -0.4 is 11.1 Å². The van der Waals surface area contributed by atoms with Crippen molar-refractivity contribution < 1.29 is 18.0 Å². The molecule has 2 aromatic rings. The van der Waals surface area contributed by atoms with Crippen molar-refractivity contribution in [2.24, 2.45) is 16.6 Å². The number of carbonyl (C=O) groups excluding carboxylic acids is 1. The topological polar surface area (TPSA) is 125 Å². The van der Waals surface area contributed by atoms with Crippen LogP contribution in [-0.2, 0) is 11.3 Å². The van der Waals surface area contributed by atoms with Gasteiger partial charge in [-0.2, -0.15) is 23.5 Å². The normalized spacial score (nSPS) is 23.3. The number of rotatable bonds is 4. The molecule has 12 heteroatoms. The molecule has 1 aliphatic carbocycles. The van der Waals surface area contributed by atoms with Gasteiger partial charge in [-0.25, -0.2) is 14.7 Å². The Hall–Kier alpha value is -3.62. The van der Waals surface area contributed by atoms with Crippen LogP contribution >= 0.6 is 0 Å². The summed E-state index contributed by atoms with van der Waals surface area (Å²) in [7, 11) is 0. The lowest BCUT2D eigenvalue weighted by Crippen LogP contribution is -2.40. The van der Waals surface area contributed by atoms with Crippen molar-refractivity contribution >= 4 is 22.8 Å². The smallest absolute Gasteiger partial charge is 0.384 e. The number of nitriles is 1. The van der Waals surface area contributed by atoms with E-state index in [9.17, 15) is 23.2 Å². The number of aliphatic imine (C=N–C) groups is 1. The summed E-state index contributed by atoms with van der Waals surface area (Å²) >= 11 is 0. The van der Waals surface area contributed by atoms with Crippen LogP contribution in [-0.4, -0.2) is 43.6 Å². The standard InChI is InChI=1S/C20H19F3N8O/c1-9-13-15(25)27-18(31(11-3-4-11)17(13)28-19(9)32)14-12-5-2-10(8-24)26-16(12)30(29-14)7-6-20(21,22)23/h2,5,9,11,18H,3-4,6-7H2,1H3,(H2,25,27)(H,28,32). The van der Waals surface area contributed by atoms with E-state index < -0.39 is 31.2 Å². The van der Waals surface area contributed by atoms with Crippen LogP contribution in [0.2, 0.25) is 0 Å². The molecule has 2 aliphatic heterocycles. The quantitative estimate of drug-likeness (QED) is 0.744. The molecule has 0 radical (unpaired) electrons. The summed E-state index contributed by atoms with van der Waals surface area (Å²) in [6, 6.07) is 5.11. The summed E-state index contributed by atoms with van der Waals surface area (Å²) in [6.45, 7) is 1.30. The fourth-order valence-corrected chi connectivity index (χ4v) is 4.21. The number of nitrogens with zero attached hydrogens (tertiary/aromatic N) is 6. The van der Waals surface area contributed by atoms with Gasteiger partial charge in [0.15, 0.2) is 11.8 Å². The van der Waals surface area contributed by atoms with Crippen LogP contribution in [0.4, 0.5) is 13.2 Å². The fraction of sp³-hybridized carbons (Fsp3) is 0.450. The van der Waals surface area contributed by atoms with Crippen LogP contribution in [0, 0.1) is 17.2 Å². The Bertz CT molecular complexity index is 1230. The van der Waals surface area contributed by atoms with Crippen molar-refractivity contribution in [2.45, 2.75) is 51.1 Å². The lowest BCUT2D eigenvalue weighted by atomic mass is 10.0. The molecule has 0 saturated heterocycles. The number of nitrogens with one attached hydrogen (secondary N) is 1. The molecule has 1 saturated carbocycles. The second-order valence-corrected chi connectivity index (χ2v) is 8.15. The van der Waals surface area contributed by atoms with E-state index >= 15 is 0 Å². The van der Waals surface area contributed by atoms with Crippen molar-refractivity contribution in [3.8, 4) is 6.07 Å². The van der Waals surface area contributed by atoms with Crippen molar-refractivity contribution in [2.75, 3.05) is 0 Å². The molecule has 2 unspecified atom stereocenters. The first-order chi connectivity index (χ1) is 15.2. The number of hydrogen-bond donors (Lipinski definition) is 2. The van der Waals surface area contributed by atoms with Crippen molar-refractivity contribution in [1.82, 2.24) is 25.0 Å². The highest BCUT2D eigenvalue weighted by Gasteiger charge is 2.46. The Kier molecular flexibility index (Phi) is 4.40. The molecule has 2 aromatic heterocycles. The minimum atomic E-state index is -4.37. The number of alkyl halides is 3. The zero-order chi connectivity index (χ0) is 22.8. The van der Waals surface area contributed by atoms with E-state index in [2.05, 4.69) is 20.4 Å². The molecular formula is C20H19F3N8O. The fourth-order valence-electron chi connectivity index (χ4n) is 4.21. The van der Waals surface area contributed by atoms with Crippen molar-refractivity contribution in [1.29, 1.82) is 5.26 Å². The maximum atomic E-state index is 12.9. The average molecular weight is 444 g/mol. The summed E-state index contributed by atoms with van der Waals surface area (Å²) in [4.78, 5) is 23.1. The Morgan fingerprint density at radius 3 is 2.75 bits per heavy atom. The molecule has 0 bridgehead atoms. The van der Waals surface area contributed by atoms with Gasteiger partial charge in [-0.15, -0.1) is 0 Å². The van der Waals surface area contributed by atoms with Crippen LogP contribution in [0.15, 0.2) is 28.5 Å². The van der Waals surface area contributed by atoms with Gasteiger partial charge >= 0.3 is 6.18 Å². The molecule has 32 heavy (non-hydrogen) atoms. The van der Waals surface area contributed by atoms with Gasteiger partial charge in [0.25, 0.3) is 0 Å². The summed E-state index contributed by atoms with van der Waals surface area (Å²) in [5.41, 5.74) is 7.49. The van der Waals surface area contributed by atoms with E-state index in [1.165, 1.54) is 6.07 Å². The third-order valence-electron chi connectivity index (χ3n) is 5.91. The highest BCUT2D eigenvalue weighted by molar-refractivity contribution is 6.07. The molecule has 3 aliphatic rings. The lowest BCUT2D eigenvalue weighted by molar-refractivity contribution is -0.137. The first-order valence-corrected chi connectivity index (χ1v) is 10.2. The van der Waals surface area contributed by atoms with Crippen LogP contribution in [0.3, 0.4) is 0 Å². The third-order valence-corrected chi connectivity index (χ3v) is 5.91. The Labute approximate surface area is 180 Å². The van der Waals surface area contributed by atoms with Crippen molar-refractivity contribution in [3.63, 3.8) is 0 Å². The number of amides is 1. The first kappa shape index (κ1) is 20.3. The van der Waals surface area contributed by atoms with E-state index in [1.54, 1.807) is 13.0 Å². The highest BCUT2D eigenvalue weighted by atomic mass is 19.4. The second-order valence-electron chi connectivity index (χ2n) is 8.15. The number of aryl methyl sites for hydroxylation is 1. The van der Waals surface area contributed by atoms with Crippen LogP contribution in [0.25, 0.3) is 11.0 Å². The largest absolute Gasteiger partial charge is 0.390 e. The number of pyridine rings is 1. The van der Waals surface area contributed by atoms with Gasteiger partial charge in [-0.3, -0.25) is 4.79 Å². The van der Waals surface area contributed by atoms with Gasteiger partial charge in [0.2, 0.25) is 5.91 Å². The van der Waals surface area contributed by atoms with E-state index in [-0.39, 0.29) is 29.1 Å². The molecule has 4 heterocycles. The first-order valence-electron chi connectivity index (χ1n) is 10.2. The van der Waals surface area contributed by atoms with Gasteiger partial charge in [-0.1, -0.05) is 0 Å². The number of nitrogens with two attached hydrogens (primary N) is 1. The highest BCUT2D eigenvalue weighted by Crippen LogP contribution is 2.44. The van der Waals surface area contributed by atoms with Gasteiger partial charge in [0.05, 0.1) is 18.9 Å². The minimum absolute atomic E-state index is 0.0739. The molecule has 5 rings (SSSR count). The van der Waals surface area contributed by atoms with Gasteiger partial charge in [-0.05, 0) is 31.9 Å². The number of amidine groups is 1. The summed E-state index contributed by atoms with van der Waals surface area (Å²) in [5, 5.41) is 17.0. The molecule has 0 aromatic carbocycles. The van der Waals surface area contributed by atoms with E-state index in [0.29, 0.717) is 22.5 Å². The zero-order valence-electron chi connectivity index (χ0n) is 17.0. The van der Waals surface area contributed by atoms with Gasteiger partial charge in [0, 0.05) is 17.0 Å². The lowest BCUT2D eigenvalue weighted by Gasteiger charge is -2.35. The summed E-state index contributed by atoms with van der Waals surface area (Å²) < 4.78 is 39.8. The van der Waals surface area contributed by atoms with E-state index in [1.807, 2.05) is 11.0 Å². The number of hydrogen-bond acceptors (Lipinski definition) is 7. The molecule has 166 valence electrons. The van der Waals surface area contributed by atoms with Crippen LogP contribution in [0.1, 0.15) is 43.7 Å². The predicted molar refractivity (Wildman–Crippen MR) is 106 cm³/mol. The van der Waals surface area contributed by atoms with E-state index in [4.69, 9.17) is 5.73 Å². The molecule has 1 amide bonds. The SMILES string of the molecule is CC1C(=O)NC2=C1C(N)=NC(c1nn(CCC(F)(F)F)c3nc(C#N)ccc13)N2C1CC1. The minimum Gasteiger partial charge on any atom is -0.384 e. The number of halogens is 3. The maximum absolute atomic E-state index is 12.9. The Balaban J connectivity index is 1.63. The average Bonchev–Trinajstić information content (AvgIpc) is 3.44. The zero-order valence-corrected chi connectivity index (χ0v) is 17.0. The predicted octanol–water partition coefficient (Wildman–Crippen LogP) is 2.07. The Morgan fingerprint density at radius 1 is 1.34 bits per heavy atom. The molecule has 0 spiro atoms. The monoisotopic (exact) mass is 444 g/mol. The third kappa shape index (κ3) is 3.24. The number of carbonyl (C=O) groups is 1. The second kappa shape index (κ2) is 6.94. The van der Waals surface area contributed by atoms with Gasteiger partial charge in [0.1, 0.15) is 29.1 Å². The number of aromatic nitrogens is 3. The Morgan fingerprint density at radius 2 is 2.09 bits per heavy atom. The molecule has 9 nitrogen and oxygen atoms in total. The summed E-state index contributed by atoms with van der Waals surface area (Å²) in [5.74, 6) is 0.159. The summed E-state index contributed by atoms with van der Waals surface area (Å²) in [6.07, 6.45) is -4.42. The van der Waals surface area contributed by atoms with E-state index in [0.717, 1.165) is 17.5 Å². The maximum Gasteiger partial charge on any atom is 0.390 e. The molecular weight excluding hydrogens is 425 g/mol.